The molecule has 0 radical (unpaired) electrons. The molecule has 0 unspecified atom stereocenters. The van der Waals surface area contributed by atoms with Crippen LogP contribution in [-0.4, -0.2) is 5.75 Å². The van der Waals surface area contributed by atoms with Crippen LogP contribution in [0.25, 0.3) is 0 Å². The summed E-state index contributed by atoms with van der Waals surface area (Å²) < 4.78 is 3.76. The van der Waals surface area contributed by atoms with Crippen LogP contribution in [0.4, 0.5) is 0 Å². The molecular weight excluding hydrogens is 265 g/mol. The molecule has 2 rings (SSSR count). The second-order valence-electron chi connectivity index (χ2n) is 1.71. The van der Waals surface area contributed by atoms with Gasteiger partial charge in [0, 0.05) is 0 Å². The van der Waals surface area contributed by atoms with Crippen LogP contribution in [0, 0.1) is 0 Å². The van der Waals surface area contributed by atoms with E-state index in [0.717, 1.165) is 0 Å². The maximum absolute atomic E-state index is 2.30. The van der Waals surface area contributed by atoms with Crippen LogP contribution in [0.15, 0.2) is 15.9 Å². The second-order valence-corrected chi connectivity index (χ2v) is 3.95. The molecule has 0 amide bonds. The topological polar surface area (TPSA) is 3.88 Å². The first-order chi connectivity index (χ1) is 3.97. The fourth-order valence-corrected chi connectivity index (χ4v) is 2.89. The number of fused-ring (bicyclic) bond motifs is 1. The van der Waals surface area contributed by atoms with Gasteiger partial charge in [-0.25, -0.2) is 0 Å². The number of thiazole rings is 1. The Morgan fingerprint density at radius 2 is 2.44 bits per heavy atom. The highest BCUT2D eigenvalue weighted by Gasteiger charge is 2.19. The first-order valence-electron chi connectivity index (χ1n) is 2.56. The van der Waals surface area contributed by atoms with E-state index in [2.05, 4.69) is 16.1 Å². The van der Waals surface area contributed by atoms with Crippen LogP contribution in [0.2, 0.25) is 0 Å². The summed E-state index contributed by atoms with van der Waals surface area (Å²) in [6.07, 6.45) is 2.15. The number of rotatable bonds is 0. The Morgan fingerprint density at radius 1 is 1.56 bits per heavy atom. The summed E-state index contributed by atoms with van der Waals surface area (Å²) in [6.45, 7) is 1.21. The smallest absolute Gasteiger partial charge is 0.297 e. The van der Waals surface area contributed by atoms with Crippen LogP contribution in [-0.2, 0) is 6.54 Å². The van der Waals surface area contributed by atoms with E-state index in [0.29, 0.717) is 0 Å². The second kappa shape index (κ2) is 3.21. The highest BCUT2D eigenvalue weighted by molar-refractivity contribution is 8.00. The zero-order valence-corrected chi connectivity index (χ0v) is 8.50. The molecule has 4 heteroatoms. The van der Waals surface area contributed by atoms with Crippen molar-refractivity contribution in [3.63, 3.8) is 0 Å². The highest BCUT2D eigenvalue weighted by atomic mass is 127. The fraction of sp³-hybridized carbons (Fsp3) is 0.400. The van der Waals surface area contributed by atoms with Crippen LogP contribution >= 0.6 is 23.1 Å². The van der Waals surface area contributed by atoms with Crippen molar-refractivity contribution in [2.45, 2.75) is 10.9 Å². The average Bonchev–Trinajstić information content (AvgIpc) is 2.15. The lowest BCUT2D eigenvalue weighted by Gasteiger charge is -1.73. The summed E-state index contributed by atoms with van der Waals surface area (Å²) >= 11 is 3.79. The largest absolute Gasteiger partial charge is 1.00 e. The number of thioether (sulfide) groups is 1. The van der Waals surface area contributed by atoms with Crippen LogP contribution in [0.3, 0.4) is 0 Å². The summed E-state index contributed by atoms with van der Waals surface area (Å²) in [7, 11) is 0. The molecule has 0 bridgehead atoms. The normalized spacial score (nSPS) is 14.7. The van der Waals surface area contributed by atoms with Gasteiger partial charge in [0.15, 0.2) is 12.7 Å². The molecule has 1 aliphatic heterocycles. The van der Waals surface area contributed by atoms with E-state index >= 15 is 0 Å². The van der Waals surface area contributed by atoms with E-state index < -0.39 is 0 Å². The van der Waals surface area contributed by atoms with Crippen molar-refractivity contribution >= 4 is 23.1 Å². The fourth-order valence-electron chi connectivity index (χ4n) is 0.805. The molecule has 0 atom stereocenters. The molecule has 1 nitrogen and oxygen atoms in total. The van der Waals surface area contributed by atoms with E-state index in [-0.39, 0.29) is 24.0 Å². The van der Waals surface area contributed by atoms with Gasteiger partial charge in [0.2, 0.25) is 0 Å². The lowest BCUT2D eigenvalue weighted by atomic mass is 10.7. The SMILES string of the molecule is [I-].c1c[n+]2c(s1)SCC2. The Morgan fingerprint density at radius 3 is 3.22 bits per heavy atom. The number of hydrogen-bond acceptors (Lipinski definition) is 2. The molecule has 0 saturated heterocycles. The summed E-state index contributed by atoms with van der Waals surface area (Å²) in [5.41, 5.74) is 0. The van der Waals surface area contributed by atoms with Gasteiger partial charge in [-0.3, -0.25) is 0 Å². The van der Waals surface area contributed by atoms with Gasteiger partial charge in [-0.1, -0.05) is 11.3 Å². The van der Waals surface area contributed by atoms with Gasteiger partial charge in [-0.15, -0.1) is 0 Å². The number of nitrogens with zero attached hydrogens (tertiary/aromatic N) is 1. The van der Waals surface area contributed by atoms with Gasteiger partial charge >= 0.3 is 0 Å². The standard InChI is InChI=1S/C5H6NS2.HI/c1-3-7-5-6(1)2-4-8-5;/h1,3H,2,4H2;1H/q+1;/p-1. The Labute approximate surface area is 79.5 Å². The number of halogens is 1. The first kappa shape index (κ1) is 7.81. The van der Waals surface area contributed by atoms with Gasteiger partial charge in [-0.05, 0) is 11.8 Å². The Balaban J connectivity index is 0.000000405. The molecular formula is C5H6INS2. The van der Waals surface area contributed by atoms with Gasteiger partial charge in [-0.2, -0.15) is 4.57 Å². The minimum Gasteiger partial charge on any atom is -1.00 e. The molecule has 2 heterocycles. The van der Waals surface area contributed by atoms with Crippen molar-refractivity contribution in [1.82, 2.24) is 0 Å². The number of aryl methyl sites for hydroxylation is 1. The third-order valence-corrected chi connectivity index (χ3v) is 3.41. The van der Waals surface area contributed by atoms with Crippen LogP contribution in [0.1, 0.15) is 0 Å². The predicted octanol–water partition coefficient (Wildman–Crippen LogP) is -1.85. The van der Waals surface area contributed by atoms with Gasteiger partial charge in [0.1, 0.15) is 0 Å². The number of hydrogen-bond donors (Lipinski definition) is 0. The summed E-state index contributed by atoms with van der Waals surface area (Å²) in [5, 5.41) is 2.14. The van der Waals surface area contributed by atoms with Gasteiger partial charge in [0.25, 0.3) is 4.34 Å². The Hall–Kier alpha value is 0.710. The minimum absolute atomic E-state index is 0. The van der Waals surface area contributed by atoms with E-state index in [9.17, 15) is 0 Å². The molecule has 9 heavy (non-hydrogen) atoms. The van der Waals surface area contributed by atoms with Crippen molar-refractivity contribution in [2.24, 2.45) is 0 Å². The van der Waals surface area contributed by atoms with Gasteiger partial charge < -0.3 is 24.0 Å². The van der Waals surface area contributed by atoms with E-state index in [4.69, 9.17) is 0 Å². The molecule has 0 aliphatic carbocycles. The van der Waals surface area contributed by atoms with Crippen molar-refractivity contribution in [2.75, 3.05) is 5.75 Å². The molecule has 50 valence electrons. The lowest BCUT2D eigenvalue weighted by molar-refractivity contribution is -0.716. The quantitative estimate of drug-likeness (QED) is 0.395. The van der Waals surface area contributed by atoms with Crippen molar-refractivity contribution in [3.05, 3.63) is 11.6 Å². The van der Waals surface area contributed by atoms with Crippen molar-refractivity contribution in [3.8, 4) is 0 Å². The molecule has 0 spiro atoms. The first-order valence-corrected chi connectivity index (χ1v) is 4.43. The summed E-state index contributed by atoms with van der Waals surface area (Å²) in [5.74, 6) is 1.27. The van der Waals surface area contributed by atoms with Gasteiger partial charge in [0.05, 0.1) is 11.1 Å². The molecule has 1 aliphatic rings. The van der Waals surface area contributed by atoms with E-state index in [1.54, 1.807) is 0 Å². The maximum Gasteiger partial charge on any atom is 0.297 e. The maximum atomic E-state index is 2.30. The average molecular weight is 271 g/mol. The number of aromatic nitrogens is 1. The predicted molar refractivity (Wildman–Crippen MR) is 35.2 cm³/mol. The highest BCUT2D eigenvalue weighted by Crippen LogP contribution is 2.22. The third-order valence-electron chi connectivity index (χ3n) is 1.20. The minimum atomic E-state index is 0. The van der Waals surface area contributed by atoms with Crippen LogP contribution < -0.4 is 28.5 Å². The molecule has 1 aromatic rings. The molecule has 1 aromatic heterocycles. The van der Waals surface area contributed by atoms with E-state index in [1.807, 2.05) is 23.1 Å². The van der Waals surface area contributed by atoms with Crippen molar-refractivity contribution < 1.29 is 28.5 Å². The Bertz CT molecular complexity index is 180. The molecule has 0 N–H and O–H groups in total. The van der Waals surface area contributed by atoms with E-state index in [1.165, 1.54) is 16.6 Å². The van der Waals surface area contributed by atoms with Crippen molar-refractivity contribution in [1.29, 1.82) is 0 Å². The monoisotopic (exact) mass is 271 g/mol. The Kier molecular flexibility index (Phi) is 2.78. The summed E-state index contributed by atoms with van der Waals surface area (Å²) in [6, 6.07) is 0. The van der Waals surface area contributed by atoms with Crippen LogP contribution in [0.5, 0.6) is 0 Å². The zero-order chi connectivity index (χ0) is 5.40. The third kappa shape index (κ3) is 1.40. The lowest BCUT2D eigenvalue weighted by Crippen LogP contribution is -3.00. The molecule has 0 saturated carbocycles. The zero-order valence-electron chi connectivity index (χ0n) is 4.71. The molecule has 0 aromatic carbocycles. The summed E-state index contributed by atoms with van der Waals surface area (Å²) in [4.78, 5) is 0. The molecule has 0 fully saturated rings.